The number of ether oxygens (including phenoxy) is 1. The minimum Gasteiger partial charge on any atom is -0.462 e. The molecule has 5 nitrogen and oxygen atoms in total. The van der Waals surface area contributed by atoms with Crippen LogP contribution in [0.25, 0.3) is 10.9 Å². The maximum Gasteiger partial charge on any atom is 0.319 e. The first-order valence-corrected chi connectivity index (χ1v) is 7.37. The largest absolute Gasteiger partial charge is 0.462 e. The Morgan fingerprint density at radius 1 is 1.35 bits per heavy atom. The summed E-state index contributed by atoms with van der Waals surface area (Å²) in [5, 5.41) is 4.44. The van der Waals surface area contributed by atoms with Crippen LogP contribution < -0.4 is 5.32 Å². The molecule has 1 aromatic heterocycles. The van der Waals surface area contributed by atoms with Crippen molar-refractivity contribution in [3.63, 3.8) is 0 Å². The number of hydrogen-bond donors (Lipinski definition) is 1. The third kappa shape index (κ3) is 2.43. The second-order valence-electron chi connectivity index (χ2n) is 4.71. The van der Waals surface area contributed by atoms with Gasteiger partial charge in [0, 0.05) is 18.9 Å². The zero-order chi connectivity index (χ0) is 14.1. The molecule has 104 valence electrons. The topological polar surface area (TPSA) is 64.1 Å². The van der Waals surface area contributed by atoms with Gasteiger partial charge in [0.2, 0.25) is 0 Å². The number of para-hydroxylation sites is 1. The monoisotopic (exact) mass is 289 g/mol. The quantitative estimate of drug-likeness (QED) is 0.692. The molecule has 0 radical (unpaired) electrons. The van der Waals surface area contributed by atoms with Crippen LogP contribution in [-0.2, 0) is 9.53 Å². The number of fused-ring (bicyclic) bond motifs is 1. The Bertz CT molecular complexity index is 662. The van der Waals surface area contributed by atoms with Crippen LogP contribution in [0.1, 0.15) is 13.3 Å². The average Bonchev–Trinajstić information content (AvgIpc) is 2.76. The molecule has 0 aliphatic carbocycles. The van der Waals surface area contributed by atoms with Gasteiger partial charge >= 0.3 is 5.97 Å². The number of nitrogens with zero attached hydrogens (tertiary/aromatic N) is 2. The molecule has 20 heavy (non-hydrogen) atoms. The summed E-state index contributed by atoms with van der Waals surface area (Å²) < 4.78 is 5.16. The van der Waals surface area contributed by atoms with Crippen LogP contribution in [0.3, 0.4) is 0 Å². The fraction of sp³-hybridized carbons (Fsp3) is 0.357. The lowest BCUT2D eigenvalue weighted by atomic mass is 10.2. The summed E-state index contributed by atoms with van der Waals surface area (Å²) in [6.07, 6.45) is 0.679. The highest BCUT2D eigenvalue weighted by Crippen LogP contribution is 2.32. The summed E-state index contributed by atoms with van der Waals surface area (Å²) in [6, 6.07) is 7.81. The maximum absolute atomic E-state index is 11.7. The van der Waals surface area contributed by atoms with Gasteiger partial charge in [-0.15, -0.1) is 0 Å². The molecule has 1 aromatic carbocycles. The lowest BCUT2D eigenvalue weighted by Gasteiger charge is -2.09. The molecule has 0 saturated carbocycles. The van der Waals surface area contributed by atoms with Crippen LogP contribution >= 0.6 is 11.8 Å². The molecule has 1 N–H and O–H groups in total. The van der Waals surface area contributed by atoms with Crippen molar-refractivity contribution in [2.24, 2.45) is 0 Å². The van der Waals surface area contributed by atoms with Gasteiger partial charge in [-0.2, -0.15) is 0 Å². The number of benzene rings is 1. The number of hydrogen-bond acceptors (Lipinski definition) is 6. The Balaban J connectivity index is 1.94. The number of thioether (sulfide) groups is 1. The van der Waals surface area contributed by atoms with Gasteiger partial charge in [-0.25, -0.2) is 9.97 Å². The van der Waals surface area contributed by atoms with E-state index in [4.69, 9.17) is 4.74 Å². The van der Waals surface area contributed by atoms with Gasteiger partial charge in [-0.05, 0) is 19.1 Å². The molecule has 0 bridgehead atoms. The minimum absolute atomic E-state index is 0.0239. The lowest BCUT2D eigenvalue weighted by Crippen LogP contribution is -2.10. The summed E-state index contributed by atoms with van der Waals surface area (Å²) in [6.45, 7) is 1.90. The smallest absolute Gasteiger partial charge is 0.319 e. The Hall–Kier alpha value is -1.82. The number of aromatic nitrogens is 2. The fourth-order valence-corrected chi connectivity index (χ4v) is 3.31. The standard InChI is InChI=1S/C14H15N3O2S/c1-8-7-11(13(18)19-8)20-14-16-10-6-4-3-5-9(10)12(15-2)17-14/h3-6,8,11H,7H2,1-2H3,(H,15,16,17). The molecule has 2 aromatic rings. The molecule has 1 saturated heterocycles. The van der Waals surface area contributed by atoms with E-state index in [-0.39, 0.29) is 17.3 Å². The third-order valence-corrected chi connectivity index (χ3v) is 4.26. The maximum atomic E-state index is 11.7. The van der Waals surface area contributed by atoms with Crippen LogP contribution in [0.5, 0.6) is 0 Å². The molecule has 1 aliphatic heterocycles. The van der Waals surface area contributed by atoms with E-state index in [1.165, 1.54) is 11.8 Å². The zero-order valence-electron chi connectivity index (χ0n) is 11.3. The van der Waals surface area contributed by atoms with Crippen LogP contribution in [0.2, 0.25) is 0 Å². The Morgan fingerprint density at radius 3 is 2.85 bits per heavy atom. The van der Waals surface area contributed by atoms with Crippen LogP contribution in [0.4, 0.5) is 5.82 Å². The van der Waals surface area contributed by atoms with Crippen molar-refractivity contribution in [2.75, 3.05) is 12.4 Å². The van der Waals surface area contributed by atoms with Gasteiger partial charge < -0.3 is 10.1 Å². The molecule has 0 amide bonds. The van der Waals surface area contributed by atoms with Crippen molar-refractivity contribution in [1.82, 2.24) is 9.97 Å². The van der Waals surface area contributed by atoms with E-state index in [0.29, 0.717) is 11.6 Å². The molecule has 6 heteroatoms. The number of rotatable bonds is 3. The second kappa shape index (κ2) is 5.28. The fourth-order valence-electron chi connectivity index (χ4n) is 2.24. The number of esters is 1. The number of cyclic esters (lactones) is 1. The second-order valence-corrected chi connectivity index (χ2v) is 5.88. The van der Waals surface area contributed by atoms with Crippen molar-refractivity contribution in [3.8, 4) is 0 Å². The van der Waals surface area contributed by atoms with Gasteiger partial charge in [0.05, 0.1) is 5.52 Å². The molecule has 2 heterocycles. The molecule has 0 spiro atoms. The van der Waals surface area contributed by atoms with E-state index in [1.807, 2.05) is 38.2 Å². The van der Waals surface area contributed by atoms with Crippen molar-refractivity contribution >= 4 is 34.5 Å². The summed E-state index contributed by atoms with van der Waals surface area (Å²) in [7, 11) is 1.83. The minimum atomic E-state index is -0.212. The van der Waals surface area contributed by atoms with E-state index in [1.54, 1.807) is 0 Å². The Morgan fingerprint density at radius 2 is 2.15 bits per heavy atom. The van der Waals surface area contributed by atoms with Gasteiger partial charge in [0.1, 0.15) is 17.2 Å². The van der Waals surface area contributed by atoms with Gasteiger partial charge in [-0.3, -0.25) is 4.79 Å². The Kier molecular flexibility index (Phi) is 3.48. The first-order valence-electron chi connectivity index (χ1n) is 6.49. The van der Waals surface area contributed by atoms with Crippen molar-refractivity contribution in [2.45, 2.75) is 29.9 Å². The van der Waals surface area contributed by atoms with Crippen LogP contribution in [-0.4, -0.2) is 34.3 Å². The van der Waals surface area contributed by atoms with Gasteiger partial charge in [0.25, 0.3) is 0 Å². The van der Waals surface area contributed by atoms with Crippen molar-refractivity contribution in [1.29, 1.82) is 0 Å². The van der Waals surface area contributed by atoms with Gasteiger partial charge in [-0.1, -0.05) is 23.9 Å². The van der Waals surface area contributed by atoms with E-state index < -0.39 is 0 Å². The molecular weight excluding hydrogens is 274 g/mol. The normalized spacial score (nSPS) is 22.0. The summed E-state index contributed by atoms with van der Waals surface area (Å²) >= 11 is 1.37. The first-order chi connectivity index (χ1) is 9.67. The predicted octanol–water partition coefficient (Wildman–Crippen LogP) is 2.47. The highest BCUT2D eigenvalue weighted by atomic mass is 32.2. The zero-order valence-corrected chi connectivity index (χ0v) is 12.1. The number of anilines is 1. The number of nitrogens with one attached hydrogen (secondary N) is 1. The molecular formula is C14H15N3O2S. The average molecular weight is 289 g/mol. The summed E-state index contributed by atoms with van der Waals surface area (Å²) in [5.41, 5.74) is 0.869. The van der Waals surface area contributed by atoms with Crippen LogP contribution in [0, 0.1) is 0 Å². The summed E-state index contributed by atoms with van der Waals surface area (Å²) in [4.78, 5) is 20.7. The SMILES string of the molecule is CNc1nc(SC2CC(C)OC2=O)nc2ccccc12. The molecule has 2 unspecified atom stereocenters. The highest BCUT2D eigenvalue weighted by molar-refractivity contribution is 8.00. The van der Waals surface area contributed by atoms with Crippen molar-refractivity contribution in [3.05, 3.63) is 24.3 Å². The van der Waals surface area contributed by atoms with E-state index in [0.717, 1.165) is 16.7 Å². The number of carbonyl (C=O) groups excluding carboxylic acids is 1. The Labute approximate surface area is 121 Å². The molecule has 2 atom stereocenters. The first kappa shape index (κ1) is 13.2. The predicted molar refractivity (Wildman–Crippen MR) is 78.9 cm³/mol. The molecule has 1 aliphatic rings. The van der Waals surface area contributed by atoms with E-state index >= 15 is 0 Å². The molecule has 3 rings (SSSR count). The van der Waals surface area contributed by atoms with Gasteiger partial charge in [0.15, 0.2) is 5.16 Å². The highest BCUT2D eigenvalue weighted by Gasteiger charge is 2.33. The number of carbonyl (C=O) groups is 1. The van der Waals surface area contributed by atoms with Crippen LogP contribution in [0.15, 0.2) is 29.4 Å². The van der Waals surface area contributed by atoms with Crippen molar-refractivity contribution < 1.29 is 9.53 Å². The summed E-state index contributed by atoms with van der Waals surface area (Å²) in [5.74, 6) is 0.600. The third-order valence-electron chi connectivity index (χ3n) is 3.19. The lowest BCUT2D eigenvalue weighted by molar-refractivity contribution is -0.140. The van der Waals surface area contributed by atoms with E-state index in [9.17, 15) is 4.79 Å². The molecule has 1 fully saturated rings. The van der Waals surface area contributed by atoms with E-state index in [2.05, 4.69) is 15.3 Å².